The number of rotatable bonds is 6. The van der Waals surface area contributed by atoms with Gasteiger partial charge in [-0.15, -0.1) is 0 Å². The summed E-state index contributed by atoms with van der Waals surface area (Å²) in [6.45, 7) is 0.184. The number of amides is 1. The molecule has 1 amide bonds. The highest BCUT2D eigenvalue weighted by molar-refractivity contribution is 7.91. The molecule has 0 atom stereocenters. The van der Waals surface area contributed by atoms with Gasteiger partial charge in [-0.25, -0.2) is 8.42 Å². The third-order valence-electron chi connectivity index (χ3n) is 2.82. The lowest BCUT2D eigenvalue weighted by Crippen LogP contribution is -2.22. The summed E-state index contributed by atoms with van der Waals surface area (Å²) >= 11 is 0. The Morgan fingerprint density at radius 1 is 1.18 bits per heavy atom. The topological polar surface area (TPSA) is 122 Å². The highest BCUT2D eigenvalue weighted by Crippen LogP contribution is 2.32. The van der Waals surface area contributed by atoms with Crippen LogP contribution in [0.5, 0.6) is 11.5 Å². The monoisotopic (exact) mass is 329 g/mol. The van der Waals surface area contributed by atoms with E-state index in [1.807, 2.05) is 0 Å². The molecule has 2 N–H and O–H groups in total. The number of esters is 1. The van der Waals surface area contributed by atoms with E-state index in [9.17, 15) is 18.0 Å². The Bertz CT molecular complexity index is 684. The van der Waals surface area contributed by atoms with Gasteiger partial charge in [0.25, 0.3) is 5.91 Å². The number of primary amides is 1. The number of carbonyl (C=O) groups excluding carboxylic acids is 2. The van der Waals surface area contributed by atoms with E-state index in [1.165, 1.54) is 18.2 Å². The molecule has 22 heavy (non-hydrogen) atoms. The van der Waals surface area contributed by atoms with Gasteiger partial charge in [0, 0.05) is 6.07 Å². The maximum absolute atomic E-state index is 12.2. The first-order chi connectivity index (χ1) is 10.4. The molecule has 0 unspecified atom stereocenters. The number of nitrogens with two attached hydrogens (primary N) is 1. The Kier molecular flexibility index (Phi) is 4.86. The molecule has 1 heterocycles. The fourth-order valence-corrected chi connectivity index (χ4v) is 3.01. The van der Waals surface area contributed by atoms with Crippen molar-refractivity contribution < 1.29 is 32.2 Å². The summed E-state index contributed by atoms with van der Waals surface area (Å²) in [5, 5.41) is 0. The van der Waals surface area contributed by atoms with E-state index in [1.54, 1.807) is 0 Å². The average molecular weight is 329 g/mol. The molecule has 0 saturated heterocycles. The largest absolute Gasteiger partial charge is 0.486 e. The second kappa shape index (κ2) is 6.65. The molecular formula is C13H15NO7S. The summed E-state index contributed by atoms with van der Waals surface area (Å²) in [6, 6.07) is 4.25. The van der Waals surface area contributed by atoms with Crippen molar-refractivity contribution in [2.75, 3.05) is 25.6 Å². The van der Waals surface area contributed by atoms with E-state index >= 15 is 0 Å². The van der Waals surface area contributed by atoms with Crippen molar-refractivity contribution in [1.29, 1.82) is 0 Å². The molecule has 0 aliphatic carbocycles. The molecule has 0 bridgehead atoms. The number of hydrogen-bond acceptors (Lipinski definition) is 7. The smallest absolute Gasteiger partial charge is 0.307 e. The van der Waals surface area contributed by atoms with Gasteiger partial charge >= 0.3 is 5.97 Å². The van der Waals surface area contributed by atoms with Crippen molar-refractivity contribution in [2.45, 2.75) is 11.3 Å². The highest BCUT2D eigenvalue weighted by atomic mass is 32.2. The fourth-order valence-electron chi connectivity index (χ4n) is 1.78. The molecular weight excluding hydrogens is 314 g/mol. The standard InChI is InChI=1S/C13H15NO7S/c14-12(15)8-21-13(16)3-6-22(17,18)9-1-2-10-11(7-9)20-5-4-19-10/h1-2,7H,3-6,8H2,(H2,14,15). The van der Waals surface area contributed by atoms with Gasteiger partial charge in [-0.2, -0.15) is 0 Å². The fraction of sp³-hybridized carbons (Fsp3) is 0.385. The average Bonchev–Trinajstić information content (AvgIpc) is 2.50. The van der Waals surface area contributed by atoms with Gasteiger partial charge in [-0.05, 0) is 12.1 Å². The summed E-state index contributed by atoms with van der Waals surface area (Å²) in [5.41, 5.74) is 4.82. The van der Waals surface area contributed by atoms with Crippen molar-refractivity contribution >= 4 is 21.7 Å². The van der Waals surface area contributed by atoms with E-state index in [-0.39, 0.29) is 11.3 Å². The lowest BCUT2D eigenvalue weighted by Gasteiger charge is -2.18. The summed E-state index contributed by atoms with van der Waals surface area (Å²) in [4.78, 5) is 21.8. The Hall–Kier alpha value is -2.29. The normalized spacial score (nSPS) is 13.5. The van der Waals surface area contributed by atoms with Gasteiger partial charge in [-0.3, -0.25) is 9.59 Å². The van der Waals surface area contributed by atoms with E-state index < -0.39 is 34.1 Å². The zero-order chi connectivity index (χ0) is 16.2. The van der Waals surface area contributed by atoms with Crippen molar-refractivity contribution in [2.24, 2.45) is 5.73 Å². The molecule has 0 spiro atoms. The van der Waals surface area contributed by atoms with Crippen LogP contribution in [0.4, 0.5) is 0 Å². The third kappa shape index (κ3) is 4.10. The minimum atomic E-state index is -3.68. The SMILES string of the molecule is NC(=O)COC(=O)CCS(=O)(=O)c1ccc2c(c1)OCCO2. The highest BCUT2D eigenvalue weighted by Gasteiger charge is 2.21. The van der Waals surface area contributed by atoms with E-state index in [0.29, 0.717) is 24.7 Å². The van der Waals surface area contributed by atoms with Gasteiger partial charge in [-0.1, -0.05) is 0 Å². The first-order valence-electron chi connectivity index (χ1n) is 6.45. The van der Waals surface area contributed by atoms with Crippen LogP contribution in [0.1, 0.15) is 6.42 Å². The van der Waals surface area contributed by atoms with Crippen LogP contribution in [-0.4, -0.2) is 45.9 Å². The predicted octanol–water partition coefficient (Wildman–Crippen LogP) is -0.350. The number of hydrogen-bond donors (Lipinski definition) is 1. The minimum Gasteiger partial charge on any atom is -0.486 e. The number of benzene rings is 1. The molecule has 0 saturated carbocycles. The van der Waals surface area contributed by atoms with Crippen LogP contribution in [0.2, 0.25) is 0 Å². The second-order valence-electron chi connectivity index (χ2n) is 4.50. The van der Waals surface area contributed by atoms with Crippen LogP contribution in [0.3, 0.4) is 0 Å². The molecule has 1 aromatic carbocycles. The van der Waals surface area contributed by atoms with E-state index in [0.717, 1.165) is 0 Å². The molecule has 2 rings (SSSR count). The van der Waals surface area contributed by atoms with Crippen LogP contribution in [0.15, 0.2) is 23.1 Å². The first-order valence-corrected chi connectivity index (χ1v) is 8.10. The van der Waals surface area contributed by atoms with Crippen LogP contribution in [-0.2, 0) is 24.2 Å². The molecule has 0 aromatic heterocycles. The van der Waals surface area contributed by atoms with Gasteiger partial charge in [0.1, 0.15) is 13.2 Å². The van der Waals surface area contributed by atoms with Crippen molar-refractivity contribution in [1.82, 2.24) is 0 Å². The predicted molar refractivity (Wildman–Crippen MR) is 74.3 cm³/mol. The van der Waals surface area contributed by atoms with Crippen LogP contribution >= 0.6 is 0 Å². The Labute approximate surface area is 127 Å². The Morgan fingerprint density at radius 2 is 1.86 bits per heavy atom. The van der Waals surface area contributed by atoms with Gasteiger partial charge in [0.15, 0.2) is 27.9 Å². The summed E-state index contributed by atoms with van der Waals surface area (Å²) in [6.07, 6.45) is -0.371. The number of sulfone groups is 1. The van der Waals surface area contributed by atoms with Gasteiger partial charge in [0.2, 0.25) is 0 Å². The van der Waals surface area contributed by atoms with Crippen LogP contribution < -0.4 is 15.2 Å². The summed E-state index contributed by atoms with van der Waals surface area (Å²) in [7, 11) is -3.68. The summed E-state index contributed by atoms with van der Waals surface area (Å²) in [5.74, 6) is -1.22. The zero-order valence-corrected chi connectivity index (χ0v) is 12.4. The van der Waals surface area contributed by atoms with Gasteiger partial charge < -0.3 is 19.9 Å². The lowest BCUT2D eigenvalue weighted by atomic mass is 10.3. The van der Waals surface area contributed by atoms with Crippen molar-refractivity contribution in [3.63, 3.8) is 0 Å². The quantitative estimate of drug-likeness (QED) is 0.708. The first kappa shape index (κ1) is 16.1. The number of carbonyl (C=O) groups is 2. The maximum atomic E-state index is 12.2. The number of ether oxygens (including phenoxy) is 3. The molecule has 0 radical (unpaired) electrons. The maximum Gasteiger partial charge on any atom is 0.307 e. The Balaban J connectivity index is 2.01. The minimum absolute atomic E-state index is 0.0273. The Morgan fingerprint density at radius 3 is 2.55 bits per heavy atom. The summed E-state index contributed by atoms with van der Waals surface area (Å²) < 4.78 is 39.5. The molecule has 120 valence electrons. The molecule has 1 aliphatic heterocycles. The van der Waals surface area contributed by atoms with E-state index in [2.05, 4.69) is 4.74 Å². The van der Waals surface area contributed by atoms with Crippen molar-refractivity contribution in [3.05, 3.63) is 18.2 Å². The lowest BCUT2D eigenvalue weighted by molar-refractivity contribution is -0.147. The number of fused-ring (bicyclic) bond motifs is 1. The zero-order valence-electron chi connectivity index (χ0n) is 11.6. The molecule has 1 aliphatic rings. The molecule has 8 nitrogen and oxygen atoms in total. The molecule has 1 aromatic rings. The third-order valence-corrected chi connectivity index (χ3v) is 4.54. The van der Waals surface area contributed by atoms with Crippen LogP contribution in [0, 0.1) is 0 Å². The second-order valence-corrected chi connectivity index (χ2v) is 6.61. The molecule has 0 fully saturated rings. The van der Waals surface area contributed by atoms with Gasteiger partial charge in [0.05, 0.1) is 17.1 Å². The molecule has 9 heteroatoms. The van der Waals surface area contributed by atoms with Crippen molar-refractivity contribution in [3.8, 4) is 11.5 Å². The van der Waals surface area contributed by atoms with Crippen LogP contribution in [0.25, 0.3) is 0 Å². The van der Waals surface area contributed by atoms with E-state index in [4.69, 9.17) is 15.2 Å².